The summed E-state index contributed by atoms with van der Waals surface area (Å²) in [6, 6.07) is 9.93. The van der Waals surface area contributed by atoms with Crippen molar-refractivity contribution in [3.63, 3.8) is 0 Å². The number of aliphatic hydroxyl groups excluding tert-OH is 1. The van der Waals surface area contributed by atoms with Crippen molar-refractivity contribution in [2.45, 2.75) is 17.4 Å². The second kappa shape index (κ2) is 10.0. The van der Waals surface area contributed by atoms with Crippen molar-refractivity contribution in [3.05, 3.63) is 71.0 Å². The molecular formula is C24H28FN3O5S. The molecule has 0 saturated carbocycles. The molecule has 0 bridgehead atoms. The number of likely N-dealkylation sites (tertiary alicyclic amines) is 1. The molecule has 0 aliphatic carbocycles. The van der Waals surface area contributed by atoms with Crippen LogP contribution in [0.4, 0.5) is 4.39 Å². The topological polar surface area (TPSA) is 98.2 Å². The predicted octanol–water partition coefficient (Wildman–Crippen LogP) is 2.45. The van der Waals surface area contributed by atoms with Gasteiger partial charge in [-0.05, 0) is 69.0 Å². The molecule has 0 spiro atoms. The van der Waals surface area contributed by atoms with Crippen LogP contribution < -0.4 is 0 Å². The second-order valence-electron chi connectivity index (χ2n) is 8.51. The Morgan fingerprint density at radius 3 is 2.12 bits per heavy atom. The Hall–Kier alpha value is -3.08. The second-order valence-corrected chi connectivity index (χ2v) is 10.7. The quantitative estimate of drug-likeness (QED) is 0.348. The van der Waals surface area contributed by atoms with Gasteiger partial charge in [0.1, 0.15) is 11.6 Å². The number of carbonyl (C=O) groups is 2. The third-order valence-corrected chi connectivity index (χ3v) is 7.47. The summed E-state index contributed by atoms with van der Waals surface area (Å²) < 4.78 is 39.3. The molecule has 3 rings (SSSR count). The number of nitrogens with zero attached hydrogens (tertiary/aromatic N) is 3. The van der Waals surface area contributed by atoms with E-state index in [2.05, 4.69) is 0 Å². The van der Waals surface area contributed by atoms with Crippen LogP contribution >= 0.6 is 0 Å². The Balaban J connectivity index is 2.08. The van der Waals surface area contributed by atoms with Gasteiger partial charge in [-0.15, -0.1) is 0 Å². The van der Waals surface area contributed by atoms with Crippen LogP contribution in [-0.2, 0) is 19.6 Å². The molecule has 1 fully saturated rings. The predicted molar refractivity (Wildman–Crippen MR) is 126 cm³/mol. The fourth-order valence-corrected chi connectivity index (χ4v) is 4.71. The third-order valence-electron chi connectivity index (χ3n) is 5.64. The van der Waals surface area contributed by atoms with Gasteiger partial charge in [0.05, 0.1) is 16.5 Å². The van der Waals surface area contributed by atoms with Gasteiger partial charge < -0.3 is 14.9 Å². The van der Waals surface area contributed by atoms with E-state index in [1.807, 2.05) is 19.0 Å². The van der Waals surface area contributed by atoms with E-state index in [1.165, 1.54) is 67.5 Å². The van der Waals surface area contributed by atoms with Crippen LogP contribution in [0, 0.1) is 5.82 Å². The molecule has 0 aromatic heterocycles. The highest BCUT2D eigenvalue weighted by Gasteiger charge is 2.45. The van der Waals surface area contributed by atoms with Gasteiger partial charge >= 0.3 is 0 Å². The summed E-state index contributed by atoms with van der Waals surface area (Å²) in [6.45, 7) is 0.947. The van der Waals surface area contributed by atoms with Crippen molar-refractivity contribution in [2.75, 3.05) is 41.3 Å². The van der Waals surface area contributed by atoms with E-state index in [0.29, 0.717) is 18.5 Å². The monoisotopic (exact) mass is 489 g/mol. The standard InChI is InChI=1S/C24H28FN3O5S/c1-26(2)14-5-15-28-21(16-6-10-18(25)11-7-16)20(23(30)24(28)31)22(29)17-8-12-19(13-9-17)34(32,33)27(3)4/h6-13,21,29H,5,14-15H2,1-4H3/b22-20+/t21-/m0/s1. The first-order valence-electron chi connectivity index (χ1n) is 10.7. The number of benzene rings is 2. The number of hydrogen-bond acceptors (Lipinski definition) is 6. The molecule has 2 aromatic rings. The average Bonchev–Trinajstić information content (AvgIpc) is 3.04. The number of Topliss-reactive ketones (excluding diaryl/α,β-unsaturated/α-hetero) is 1. The number of rotatable bonds is 8. The number of halogens is 1. The van der Waals surface area contributed by atoms with Crippen LogP contribution in [-0.4, -0.2) is 80.6 Å². The largest absolute Gasteiger partial charge is 0.507 e. The smallest absolute Gasteiger partial charge is 0.295 e. The Kier molecular flexibility index (Phi) is 7.54. The van der Waals surface area contributed by atoms with E-state index in [-0.39, 0.29) is 22.6 Å². The first-order valence-corrected chi connectivity index (χ1v) is 12.1. The number of hydrogen-bond donors (Lipinski definition) is 1. The Bertz CT molecular complexity index is 1210. The maximum Gasteiger partial charge on any atom is 0.295 e. The molecule has 1 N–H and O–H groups in total. The molecule has 1 saturated heterocycles. The third kappa shape index (κ3) is 5.03. The van der Waals surface area contributed by atoms with E-state index in [4.69, 9.17) is 0 Å². The maximum atomic E-state index is 13.6. The Morgan fingerprint density at radius 2 is 1.59 bits per heavy atom. The van der Waals surface area contributed by atoms with Crippen molar-refractivity contribution in [1.29, 1.82) is 0 Å². The maximum absolute atomic E-state index is 13.6. The zero-order chi connectivity index (χ0) is 25.2. The van der Waals surface area contributed by atoms with Crippen LogP contribution in [0.3, 0.4) is 0 Å². The van der Waals surface area contributed by atoms with Gasteiger partial charge in [-0.2, -0.15) is 0 Å². The summed E-state index contributed by atoms with van der Waals surface area (Å²) in [5, 5.41) is 11.1. The fraction of sp³-hybridized carbons (Fsp3) is 0.333. The van der Waals surface area contributed by atoms with Gasteiger partial charge in [0, 0.05) is 26.2 Å². The number of ketones is 1. The van der Waals surface area contributed by atoms with Gasteiger partial charge in [-0.1, -0.05) is 12.1 Å². The fourth-order valence-electron chi connectivity index (χ4n) is 3.81. The Morgan fingerprint density at radius 1 is 1.00 bits per heavy atom. The zero-order valence-electron chi connectivity index (χ0n) is 19.5. The van der Waals surface area contributed by atoms with Crippen molar-refractivity contribution in [2.24, 2.45) is 0 Å². The van der Waals surface area contributed by atoms with Gasteiger partial charge in [0.2, 0.25) is 10.0 Å². The normalized spacial score (nSPS) is 18.3. The summed E-state index contributed by atoms with van der Waals surface area (Å²) in [5.41, 5.74) is 0.555. The summed E-state index contributed by atoms with van der Waals surface area (Å²) in [7, 11) is 2.93. The number of aliphatic hydroxyl groups is 1. The van der Waals surface area contributed by atoms with Gasteiger partial charge in [0.25, 0.3) is 11.7 Å². The molecule has 0 unspecified atom stereocenters. The first-order chi connectivity index (χ1) is 15.9. The molecule has 10 heteroatoms. The summed E-state index contributed by atoms with van der Waals surface area (Å²) in [6.07, 6.45) is 0.592. The molecule has 182 valence electrons. The summed E-state index contributed by atoms with van der Waals surface area (Å²) in [5.74, 6) is -2.48. The molecule has 1 amide bonds. The average molecular weight is 490 g/mol. The molecule has 34 heavy (non-hydrogen) atoms. The summed E-state index contributed by atoms with van der Waals surface area (Å²) in [4.78, 5) is 29.3. The lowest BCUT2D eigenvalue weighted by Crippen LogP contribution is -2.32. The first kappa shape index (κ1) is 25.5. The zero-order valence-corrected chi connectivity index (χ0v) is 20.3. The molecule has 1 aliphatic heterocycles. The highest BCUT2D eigenvalue weighted by molar-refractivity contribution is 7.89. The Labute approximate surface area is 198 Å². The molecule has 1 heterocycles. The van der Waals surface area contributed by atoms with Gasteiger partial charge in [-0.3, -0.25) is 9.59 Å². The van der Waals surface area contributed by atoms with Crippen LogP contribution in [0.5, 0.6) is 0 Å². The number of carbonyl (C=O) groups excluding carboxylic acids is 2. The van der Waals surface area contributed by atoms with E-state index < -0.39 is 39.3 Å². The highest BCUT2D eigenvalue weighted by Crippen LogP contribution is 2.39. The van der Waals surface area contributed by atoms with Gasteiger partial charge in [-0.25, -0.2) is 17.1 Å². The summed E-state index contributed by atoms with van der Waals surface area (Å²) >= 11 is 0. The highest BCUT2D eigenvalue weighted by atomic mass is 32.2. The van der Waals surface area contributed by atoms with Crippen molar-refractivity contribution >= 4 is 27.5 Å². The van der Waals surface area contributed by atoms with E-state index in [9.17, 15) is 27.5 Å². The lowest BCUT2D eigenvalue weighted by atomic mass is 9.95. The van der Waals surface area contributed by atoms with Crippen LogP contribution in [0.15, 0.2) is 59.0 Å². The van der Waals surface area contributed by atoms with E-state index in [1.54, 1.807) is 0 Å². The van der Waals surface area contributed by atoms with Crippen LogP contribution in [0.25, 0.3) is 5.76 Å². The van der Waals surface area contributed by atoms with Crippen LogP contribution in [0.1, 0.15) is 23.6 Å². The molecule has 1 atom stereocenters. The van der Waals surface area contributed by atoms with E-state index in [0.717, 1.165) is 4.31 Å². The molecular weight excluding hydrogens is 461 g/mol. The van der Waals surface area contributed by atoms with Crippen molar-refractivity contribution in [3.8, 4) is 0 Å². The van der Waals surface area contributed by atoms with Crippen molar-refractivity contribution < 1.29 is 27.5 Å². The van der Waals surface area contributed by atoms with E-state index >= 15 is 0 Å². The van der Waals surface area contributed by atoms with Crippen LogP contribution in [0.2, 0.25) is 0 Å². The molecule has 1 aliphatic rings. The van der Waals surface area contributed by atoms with Gasteiger partial charge in [0.15, 0.2) is 0 Å². The molecule has 8 nitrogen and oxygen atoms in total. The minimum atomic E-state index is -3.68. The number of amides is 1. The minimum Gasteiger partial charge on any atom is -0.507 e. The lowest BCUT2D eigenvalue weighted by molar-refractivity contribution is -0.139. The lowest BCUT2D eigenvalue weighted by Gasteiger charge is -2.26. The molecule has 0 radical (unpaired) electrons. The molecule has 2 aromatic carbocycles. The number of sulfonamides is 1. The minimum absolute atomic E-state index is 0.0215. The SMILES string of the molecule is CN(C)CCCN1C(=O)C(=O)/C(=C(/O)c2ccc(S(=O)(=O)N(C)C)cc2)[C@@H]1c1ccc(F)cc1. The van der Waals surface area contributed by atoms with Crippen molar-refractivity contribution in [1.82, 2.24) is 14.1 Å².